The van der Waals surface area contributed by atoms with Crippen LogP contribution >= 0.6 is 0 Å². The van der Waals surface area contributed by atoms with Gasteiger partial charge in [-0.15, -0.1) is 0 Å². The Bertz CT molecular complexity index is 781. The minimum absolute atomic E-state index is 0.261. The molecule has 3 rings (SSSR count). The maximum atomic E-state index is 12.4. The third-order valence-corrected chi connectivity index (χ3v) is 4.59. The number of aliphatic hydroxyl groups excluding tert-OH is 1. The second-order valence-electron chi connectivity index (χ2n) is 6.33. The first kappa shape index (κ1) is 17.9. The lowest BCUT2D eigenvalue weighted by atomic mass is 9.83. The molecule has 2 heterocycles. The number of amides is 3. The van der Waals surface area contributed by atoms with E-state index in [2.05, 4.69) is 10.3 Å². The second-order valence-corrected chi connectivity index (χ2v) is 6.33. The standard InChI is InChI=1S/C19H22N4O3/c20-17-11-14(7-8-21-17)10-15-16(12-24)23(18(15)25)19(26)22-9-6-13-4-2-1-3-5-13/h1-5,7-8,11,15-16,24H,6,9-10,12H2,(H2,20,21)(H,22,26)/t15-,16-/m1/s1. The van der Waals surface area contributed by atoms with Crippen molar-refractivity contribution in [2.45, 2.75) is 18.9 Å². The number of β-lactam (4-membered cyclic amide) rings is 1. The van der Waals surface area contributed by atoms with Crippen LogP contribution < -0.4 is 11.1 Å². The van der Waals surface area contributed by atoms with E-state index in [1.165, 1.54) is 0 Å². The number of likely N-dealkylation sites (tertiary alicyclic amines) is 1. The second kappa shape index (κ2) is 7.97. The minimum atomic E-state index is -0.520. The molecule has 0 spiro atoms. The van der Waals surface area contributed by atoms with Gasteiger partial charge in [0, 0.05) is 12.7 Å². The number of nitrogens with one attached hydrogen (secondary N) is 1. The molecule has 7 nitrogen and oxygen atoms in total. The molecule has 0 saturated carbocycles. The number of aromatic nitrogens is 1. The fourth-order valence-corrected chi connectivity index (χ4v) is 3.21. The van der Waals surface area contributed by atoms with Crippen LogP contribution in [0.1, 0.15) is 11.1 Å². The molecule has 4 N–H and O–H groups in total. The van der Waals surface area contributed by atoms with Crippen LogP contribution in [0.4, 0.5) is 10.6 Å². The van der Waals surface area contributed by atoms with Crippen LogP contribution in [0.15, 0.2) is 48.7 Å². The minimum Gasteiger partial charge on any atom is -0.394 e. The molecule has 3 amide bonds. The van der Waals surface area contributed by atoms with Gasteiger partial charge in [0.25, 0.3) is 0 Å². The normalized spacial score (nSPS) is 19.1. The van der Waals surface area contributed by atoms with E-state index in [0.29, 0.717) is 25.2 Å². The first-order valence-corrected chi connectivity index (χ1v) is 8.56. The smallest absolute Gasteiger partial charge is 0.324 e. The summed E-state index contributed by atoms with van der Waals surface area (Å²) in [6, 6.07) is 12.3. The zero-order valence-electron chi connectivity index (χ0n) is 14.3. The molecule has 2 atom stereocenters. The molecule has 1 aliphatic rings. The van der Waals surface area contributed by atoms with Gasteiger partial charge in [0.15, 0.2) is 0 Å². The average molecular weight is 354 g/mol. The fraction of sp³-hybridized carbons (Fsp3) is 0.316. The molecule has 136 valence electrons. The Labute approximate surface area is 151 Å². The maximum Gasteiger partial charge on any atom is 0.324 e. The van der Waals surface area contributed by atoms with Crippen molar-refractivity contribution in [1.82, 2.24) is 15.2 Å². The molecule has 1 aliphatic heterocycles. The van der Waals surface area contributed by atoms with Crippen LogP contribution in [0.25, 0.3) is 0 Å². The summed E-state index contributed by atoms with van der Waals surface area (Å²) in [5, 5.41) is 12.4. The predicted molar refractivity (Wildman–Crippen MR) is 97.1 cm³/mol. The van der Waals surface area contributed by atoms with Crippen LogP contribution in [0, 0.1) is 5.92 Å². The molecule has 1 fully saturated rings. The number of aliphatic hydroxyl groups is 1. The average Bonchev–Trinajstić information content (AvgIpc) is 2.64. The van der Waals surface area contributed by atoms with Crippen LogP contribution in [0.5, 0.6) is 0 Å². The van der Waals surface area contributed by atoms with Gasteiger partial charge in [-0.2, -0.15) is 0 Å². The number of carbonyl (C=O) groups excluding carboxylic acids is 2. The number of pyridine rings is 1. The van der Waals surface area contributed by atoms with Gasteiger partial charge in [0.05, 0.1) is 18.6 Å². The largest absolute Gasteiger partial charge is 0.394 e. The summed E-state index contributed by atoms with van der Waals surface area (Å²) in [6.07, 6.45) is 2.68. The molecular weight excluding hydrogens is 332 g/mol. The van der Waals surface area contributed by atoms with E-state index in [0.717, 1.165) is 16.0 Å². The first-order valence-electron chi connectivity index (χ1n) is 8.56. The summed E-state index contributed by atoms with van der Waals surface area (Å²) in [5.74, 6) is -0.330. The molecule has 0 unspecified atom stereocenters. The van der Waals surface area contributed by atoms with Crippen molar-refractivity contribution in [2.24, 2.45) is 5.92 Å². The van der Waals surface area contributed by atoms with Gasteiger partial charge >= 0.3 is 6.03 Å². The number of nitrogens with two attached hydrogens (primary N) is 1. The summed E-state index contributed by atoms with van der Waals surface area (Å²) in [5.41, 5.74) is 7.62. The van der Waals surface area contributed by atoms with Gasteiger partial charge in [0.1, 0.15) is 5.82 Å². The highest BCUT2D eigenvalue weighted by molar-refractivity contribution is 6.01. The summed E-state index contributed by atoms with van der Waals surface area (Å²) < 4.78 is 0. The summed E-state index contributed by atoms with van der Waals surface area (Å²) in [7, 11) is 0. The van der Waals surface area contributed by atoms with Crippen molar-refractivity contribution >= 4 is 17.8 Å². The molecule has 7 heteroatoms. The van der Waals surface area contributed by atoms with Gasteiger partial charge in [-0.3, -0.25) is 9.69 Å². The highest BCUT2D eigenvalue weighted by Gasteiger charge is 2.49. The quantitative estimate of drug-likeness (QED) is 0.670. The highest BCUT2D eigenvalue weighted by atomic mass is 16.3. The Kier molecular flexibility index (Phi) is 5.48. The SMILES string of the molecule is Nc1cc(C[C@H]2C(=O)N(C(=O)NCCc3ccccc3)[C@@H]2CO)ccn1. The van der Waals surface area contributed by atoms with E-state index in [4.69, 9.17) is 5.73 Å². The molecule has 1 aromatic carbocycles. The number of hydrogen-bond acceptors (Lipinski definition) is 5. The van der Waals surface area contributed by atoms with Crippen LogP contribution in [-0.2, 0) is 17.6 Å². The Morgan fingerprint density at radius 3 is 2.69 bits per heavy atom. The number of imide groups is 1. The monoisotopic (exact) mass is 354 g/mol. The Morgan fingerprint density at radius 1 is 1.23 bits per heavy atom. The van der Waals surface area contributed by atoms with Gasteiger partial charge in [-0.25, -0.2) is 9.78 Å². The van der Waals surface area contributed by atoms with Crippen molar-refractivity contribution in [1.29, 1.82) is 0 Å². The van der Waals surface area contributed by atoms with Crippen molar-refractivity contribution < 1.29 is 14.7 Å². The van der Waals surface area contributed by atoms with E-state index in [9.17, 15) is 14.7 Å². The maximum absolute atomic E-state index is 12.4. The third-order valence-electron chi connectivity index (χ3n) is 4.59. The van der Waals surface area contributed by atoms with Crippen molar-refractivity contribution in [3.05, 3.63) is 59.8 Å². The molecule has 0 bridgehead atoms. The third kappa shape index (κ3) is 3.83. The first-order chi connectivity index (χ1) is 12.6. The zero-order valence-corrected chi connectivity index (χ0v) is 14.3. The van der Waals surface area contributed by atoms with E-state index in [-0.39, 0.29) is 12.5 Å². The number of benzene rings is 1. The molecule has 2 aromatic rings. The van der Waals surface area contributed by atoms with Gasteiger partial charge in [0.2, 0.25) is 5.91 Å². The molecule has 0 aliphatic carbocycles. The number of anilines is 1. The lowest BCUT2D eigenvalue weighted by Crippen LogP contribution is -2.67. The zero-order chi connectivity index (χ0) is 18.5. The molecule has 0 radical (unpaired) electrons. The fourth-order valence-electron chi connectivity index (χ4n) is 3.21. The predicted octanol–water partition coefficient (Wildman–Crippen LogP) is 0.978. The van der Waals surface area contributed by atoms with Crippen molar-refractivity contribution in [3.8, 4) is 0 Å². The number of rotatable bonds is 6. The van der Waals surface area contributed by atoms with E-state index in [1.54, 1.807) is 18.3 Å². The van der Waals surface area contributed by atoms with E-state index in [1.807, 2.05) is 30.3 Å². The van der Waals surface area contributed by atoms with Gasteiger partial charge in [-0.05, 0) is 36.1 Å². The lowest BCUT2D eigenvalue weighted by Gasteiger charge is -2.44. The Hall–Kier alpha value is -2.93. The van der Waals surface area contributed by atoms with Gasteiger partial charge < -0.3 is 16.2 Å². The van der Waals surface area contributed by atoms with Crippen molar-refractivity contribution in [2.75, 3.05) is 18.9 Å². The number of hydrogen-bond donors (Lipinski definition) is 3. The van der Waals surface area contributed by atoms with Crippen LogP contribution in [0.3, 0.4) is 0 Å². The summed E-state index contributed by atoms with van der Waals surface area (Å²) in [6.45, 7) is 0.166. The molecule has 1 aromatic heterocycles. The molecule has 1 saturated heterocycles. The highest BCUT2D eigenvalue weighted by Crippen LogP contribution is 2.30. The summed E-state index contributed by atoms with van der Waals surface area (Å²) in [4.78, 5) is 29.7. The Balaban J connectivity index is 1.55. The van der Waals surface area contributed by atoms with Gasteiger partial charge in [-0.1, -0.05) is 30.3 Å². The molecular formula is C19H22N4O3. The Morgan fingerprint density at radius 2 is 2.00 bits per heavy atom. The number of carbonyl (C=O) groups is 2. The van der Waals surface area contributed by atoms with E-state index >= 15 is 0 Å². The lowest BCUT2D eigenvalue weighted by molar-refractivity contribution is -0.152. The van der Waals surface area contributed by atoms with Crippen LogP contribution in [-0.4, -0.2) is 46.1 Å². The number of nitrogen functional groups attached to an aromatic ring is 1. The summed E-state index contributed by atoms with van der Waals surface area (Å²) >= 11 is 0. The van der Waals surface area contributed by atoms with E-state index < -0.39 is 18.0 Å². The molecule has 26 heavy (non-hydrogen) atoms. The number of urea groups is 1. The van der Waals surface area contributed by atoms with Crippen LogP contribution in [0.2, 0.25) is 0 Å². The topological polar surface area (TPSA) is 109 Å². The number of nitrogens with zero attached hydrogens (tertiary/aromatic N) is 2. The van der Waals surface area contributed by atoms with Crippen molar-refractivity contribution in [3.63, 3.8) is 0 Å².